The molecular weight excluding hydrogens is 882 g/mol. The van der Waals surface area contributed by atoms with Crippen molar-refractivity contribution in [2.24, 2.45) is 17.8 Å². The summed E-state index contributed by atoms with van der Waals surface area (Å²) in [4.78, 5) is 53.1. The van der Waals surface area contributed by atoms with Crippen LogP contribution in [0.2, 0.25) is 0 Å². The lowest BCUT2D eigenvalue weighted by Crippen LogP contribution is -2.29. The van der Waals surface area contributed by atoms with Gasteiger partial charge >= 0.3 is 27.6 Å². The Balaban J connectivity index is 2.51. The summed E-state index contributed by atoms with van der Waals surface area (Å²) < 4.78 is 47.9. The number of ether oxygens (including phenoxy) is 2. The van der Waals surface area contributed by atoms with E-state index in [0.717, 1.165) is 44.4 Å². The summed E-state index contributed by atoms with van der Waals surface area (Å²) in [5.41, 5.74) is 0. The molecule has 0 aromatic carbocycles. The van der Waals surface area contributed by atoms with Gasteiger partial charge < -0.3 is 44.6 Å². The molecule has 2 unspecified atom stereocenters. The number of hydrogen-bond donors (Lipinski definition) is 7. The van der Waals surface area contributed by atoms with Gasteiger partial charge in [-0.1, -0.05) is 161 Å². The van der Waals surface area contributed by atoms with Gasteiger partial charge in [-0.25, -0.2) is 9.13 Å². The van der Waals surface area contributed by atoms with Crippen molar-refractivity contribution in [3.63, 3.8) is 0 Å². The number of phosphoric acid groups is 2. The maximum absolute atomic E-state index is 12.8. The van der Waals surface area contributed by atoms with E-state index >= 15 is 0 Å². The SMILES string of the molecule is CCCCC[C@H](O)/C=C/[C@@H]1[C@@H](C/C=C/CCCC(=O)O[C@H](COC(=O)CCCCCCCCCCCCCCCCC(C)CC)COP(=O)(O)OC[C@@H](O)COP(=O)(O)O)[C@@H](O)C[C@H]1O. The Hall–Kier alpha value is -1.52. The van der Waals surface area contributed by atoms with Gasteiger partial charge in [0, 0.05) is 25.2 Å². The van der Waals surface area contributed by atoms with Crippen molar-refractivity contribution >= 4 is 27.6 Å². The molecule has 0 aromatic rings. The summed E-state index contributed by atoms with van der Waals surface area (Å²) in [5.74, 6) is -0.878. The highest BCUT2D eigenvalue weighted by Gasteiger charge is 2.39. The number of esters is 2. The molecule has 1 rings (SSSR count). The summed E-state index contributed by atoms with van der Waals surface area (Å²) >= 11 is 0. The number of allylic oxidation sites excluding steroid dienone is 2. The van der Waals surface area contributed by atoms with Crippen molar-refractivity contribution in [2.75, 3.05) is 26.4 Å². The van der Waals surface area contributed by atoms with Gasteiger partial charge in [-0.2, -0.15) is 0 Å². The molecule has 18 heteroatoms. The van der Waals surface area contributed by atoms with Crippen molar-refractivity contribution < 1.29 is 76.9 Å². The van der Waals surface area contributed by atoms with Crippen LogP contribution >= 0.6 is 15.6 Å². The number of hydrogen-bond acceptors (Lipinski definition) is 13. The maximum atomic E-state index is 12.8. The van der Waals surface area contributed by atoms with E-state index in [0.29, 0.717) is 32.1 Å². The first-order valence-electron chi connectivity index (χ1n) is 24.7. The first-order chi connectivity index (χ1) is 31.0. The third-order valence-corrected chi connectivity index (χ3v) is 13.4. The summed E-state index contributed by atoms with van der Waals surface area (Å²) in [5, 5.41) is 41.2. The van der Waals surface area contributed by atoms with Crippen LogP contribution in [-0.2, 0) is 41.8 Å². The molecule has 382 valence electrons. The van der Waals surface area contributed by atoms with Crippen LogP contribution in [0.4, 0.5) is 0 Å². The van der Waals surface area contributed by atoms with Crippen LogP contribution in [0.25, 0.3) is 0 Å². The van der Waals surface area contributed by atoms with Gasteiger partial charge in [0.2, 0.25) is 0 Å². The first-order valence-corrected chi connectivity index (χ1v) is 27.7. The molecule has 1 saturated carbocycles. The van der Waals surface area contributed by atoms with Crippen LogP contribution < -0.4 is 0 Å². The van der Waals surface area contributed by atoms with E-state index in [-0.39, 0.29) is 31.1 Å². The third kappa shape index (κ3) is 34.4. The van der Waals surface area contributed by atoms with Crippen molar-refractivity contribution in [1.82, 2.24) is 0 Å². The van der Waals surface area contributed by atoms with Crippen molar-refractivity contribution in [2.45, 2.75) is 218 Å². The zero-order valence-electron chi connectivity index (χ0n) is 39.8. The lowest BCUT2D eigenvalue weighted by Gasteiger charge is -2.20. The van der Waals surface area contributed by atoms with Crippen molar-refractivity contribution in [1.29, 1.82) is 0 Å². The van der Waals surface area contributed by atoms with Gasteiger partial charge in [0.1, 0.15) is 12.7 Å². The minimum Gasteiger partial charge on any atom is -0.462 e. The Morgan fingerprint density at radius 3 is 1.82 bits per heavy atom. The highest BCUT2D eigenvalue weighted by atomic mass is 31.2. The fourth-order valence-corrected chi connectivity index (χ4v) is 8.89. The standard InChI is InChI=1S/C47H88O16P2/c1-4-6-21-27-39(48)31-32-43-42(44(50)33-45(43)51)28-23-19-20-25-30-47(53)63-41(37-62-65(57,58)61-35-40(49)34-60-64(54,55)56)36-59-46(52)29-24-18-16-14-12-10-8-7-9-11-13-15-17-22-26-38(3)5-2/h19,23,31-32,38-45,48-51H,4-18,20-22,24-30,33-37H2,1-3H3,(H,57,58)(H2,54,55,56)/b23-19+,32-31+/t38?,39-,40-,41+,42+,43+,44-,45+/m0/s1. The molecule has 0 bridgehead atoms. The minimum atomic E-state index is -4.90. The van der Waals surface area contributed by atoms with E-state index in [4.69, 9.17) is 23.8 Å². The molecule has 0 heterocycles. The second kappa shape index (κ2) is 37.4. The molecule has 7 N–H and O–H groups in total. The van der Waals surface area contributed by atoms with Crippen LogP contribution in [0, 0.1) is 17.8 Å². The number of rotatable bonds is 42. The summed E-state index contributed by atoms with van der Waals surface area (Å²) in [6.07, 6.45) is 26.8. The molecule has 0 amide bonds. The van der Waals surface area contributed by atoms with Crippen molar-refractivity contribution in [3.05, 3.63) is 24.3 Å². The smallest absolute Gasteiger partial charge is 0.462 e. The van der Waals surface area contributed by atoms with Gasteiger partial charge in [0.15, 0.2) is 6.10 Å². The summed E-state index contributed by atoms with van der Waals surface area (Å²) in [6.45, 7) is 3.77. The van der Waals surface area contributed by atoms with Crippen LogP contribution in [-0.4, -0.2) is 104 Å². The maximum Gasteiger partial charge on any atom is 0.472 e. The molecule has 1 fully saturated rings. The average Bonchev–Trinajstić information content (AvgIpc) is 3.53. The molecule has 9 atom stereocenters. The van der Waals surface area contributed by atoms with Crippen LogP contribution in [0.5, 0.6) is 0 Å². The molecule has 0 spiro atoms. The lowest BCUT2D eigenvalue weighted by atomic mass is 9.89. The monoisotopic (exact) mass is 971 g/mol. The Morgan fingerprint density at radius 1 is 0.662 bits per heavy atom. The Morgan fingerprint density at radius 2 is 1.22 bits per heavy atom. The minimum absolute atomic E-state index is 0.0430. The molecule has 0 aliphatic heterocycles. The van der Waals surface area contributed by atoms with E-state index in [1.54, 1.807) is 6.08 Å². The molecule has 0 radical (unpaired) electrons. The highest BCUT2D eigenvalue weighted by molar-refractivity contribution is 7.47. The zero-order chi connectivity index (χ0) is 48.4. The summed E-state index contributed by atoms with van der Waals surface area (Å²) in [7, 11) is -9.78. The zero-order valence-corrected chi connectivity index (χ0v) is 41.6. The van der Waals surface area contributed by atoms with Gasteiger partial charge in [0.25, 0.3) is 0 Å². The first kappa shape index (κ1) is 61.5. The van der Waals surface area contributed by atoms with E-state index < -0.39 is 84.5 Å². The Bertz CT molecular complexity index is 1380. The van der Waals surface area contributed by atoms with Gasteiger partial charge in [-0.3, -0.25) is 23.2 Å². The number of phosphoric ester groups is 2. The van der Waals surface area contributed by atoms with Crippen LogP contribution in [0.1, 0.15) is 188 Å². The predicted octanol–water partition coefficient (Wildman–Crippen LogP) is 9.30. The number of aliphatic hydroxyl groups is 4. The third-order valence-electron chi connectivity index (χ3n) is 11.9. The normalized spacial score (nSPS) is 20.8. The molecule has 0 aromatic heterocycles. The average molecular weight is 971 g/mol. The molecule has 65 heavy (non-hydrogen) atoms. The second-order valence-corrected chi connectivity index (χ2v) is 20.6. The van der Waals surface area contributed by atoms with E-state index in [1.165, 1.54) is 77.0 Å². The lowest BCUT2D eigenvalue weighted by molar-refractivity contribution is -0.161. The van der Waals surface area contributed by atoms with Gasteiger partial charge in [0.05, 0.1) is 38.1 Å². The number of unbranched alkanes of at least 4 members (excludes halogenated alkanes) is 16. The largest absolute Gasteiger partial charge is 0.472 e. The fourth-order valence-electron chi connectivity index (χ4n) is 7.73. The van der Waals surface area contributed by atoms with E-state index in [9.17, 15) is 44.0 Å². The topological polar surface area (TPSA) is 256 Å². The second-order valence-electron chi connectivity index (χ2n) is 18.0. The fraction of sp³-hybridized carbons (Fsp3) is 0.872. The van der Waals surface area contributed by atoms with Gasteiger partial charge in [-0.05, 0) is 43.9 Å². The Kier molecular flexibility index (Phi) is 35.4. The summed E-state index contributed by atoms with van der Waals surface area (Å²) in [6, 6.07) is 0. The van der Waals surface area contributed by atoms with Gasteiger partial charge in [-0.15, -0.1) is 0 Å². The van der Waals surface area contributed by atoms with E-state index in [1.807, 2.05) is 18.2 Å². The highest BCUT2D eigenvalue weighted by Crippen LogP contribution is 2.44. The number of aliphatic hydroxyl groups excluding tert-OH is 4. The quantitative estimate of drug-likeness (QED) is 0.0130. The van der Waals surface area contributed by atoms with Crippen molar-refractivity contribution in [3.8, 4) is 0 Å². The molecular formula is C47H88O16P2. The molecule has 16 nitrogen and oxygen atoms in total. The molecule has 1 aliphatic carbocycles. The van der Waals surface area contributed by atoms with Crippen LogP contribution in [0.15, 0.2) is 24.3 Å². The number of carbonyl (C=O) groups is 2. The number of carbonyl (C=O) groups excluding carboxylic acids is 2. The molecule has 0 saturated heterocycles. The predicted molar refractivity (Wildman–Crippen MR) is 250 cm³/mol. The molecule has 1 aliphatic rings. The van der Waals surface area contributed by atoms with Crippen LogP contribution in [0.3, 0.4) is 0 Å². The van der Waals surface area contributed by atoms with E-state index in [2.05, 4.69) is 29.8 Å². The Labute approximate surface area is 390 Å².